The molecule has 2 aromatic carbocycles. The second-order valence-corrected chi connectivity index (χ2v) is 4.29. The molecule has 0 unspecified atom stereocenters. The lowest BCUT2D eigenvalue weighted by Crippen LogP contribution is -1.82. The highest BCUT2D eigenvalue weighted by Crippen LogP contribution is 2.33. The molecule has 0 spiro atoms. The fraction of sp³-hybridized carbons (Fsp3) is 0. The van der Waals surface area contributed by atoms with E-state index in [1.807, 2.05) is 6.07 Å². The van der Waals surface area contributed by atoms with Gasteiger partial charge in [0.25, 0.3) is 0 Å². The number of hydrogen-bond acceptors (Lipinski definition) is 2. The van der Waals surface area contributed by atoms with Crippen LogP contribution in [0.3, 0.4) is 0 Å². The molecule has 0 amide bonds. The number of nitriles is 1. The number of phenols is 1. The van der Waals surface area contributed by atoms with Crippen LogP contribution in [0, 0.1) is 11.3 Å². The van der Waals surface area contributed by atoms with E-state index in [0.717, 1.165) is 0 Å². The summed E-state index contributed by atoms with van der Waals surface area (Å²) >= 11 is 11.7. The van der Waals surface area contributed by atoms with Crippen LogP contribution < -0.4 is 0 Å². The maximum absolute atomic E-state index is 9.76. The molecule has 0 saturated carbocycles. The third kappa shape index (κ3) is 2.36. The Morgan fingerprint density at radius 1 is 1.00 bits per heavy atom. The minimum Gasteiger partial charge on any atom is -0.507 e. The normalized spacial score (nSPS) is 9.94. The monoisotopic (exact) mass is 263 g/mol. The van der Waals surface area contributed by atoms with Gasteiger partial charge in [0.15, 0.2) is 0 Å². The Kier molecular flexibility index (Phi) is 3.23. The molecule has 84 valence electrons. The molecular weight excluding hydrogens is 257 g/mol. The number of nitrogens with zero attached hydrogens (tertiary/aromatic N) is 1. The predicted molar refractivity (Wildman–Crippen MR) is 68.3 cm³/mol. The fourth-order valence-corrected chi connectivity index (χ4v) is 1.80. The van der Waals surface area contributed by atoms with Gasteiger partial charge in [0.1, 0.15) is 5.75 Å². The highest BCUT2D eigenvalue weighted by molar-refractivity contribution is 6.42. The first-order chi connectivity index (χ1) is 8.11. The molecule has 4 heteroatoms. The number of aromatic hydroxyl groups is 1. The van der Waals surface area contributed by atoms with Crippen LogP contribution in [0.5, 0.6) is 5.75 Å². The quantitative estimate of drug-likeness (QED) is 0.837. The van der Waals surface area contributed by atoms with Gasteiger partial charge in [-0.15, -0.1) is 0 Å². The number of benzene rings is 2. The van der Waals surface area contributed by atoms with Gasteiger partial charge in [-0.2, -0.15) is 5.26 Å². The molecule has 2 rings (SSSR count). The molecule has 17 heavy (non-hydrogen) atoms. The molecule has 0 aromatic heterocycles. The SMILES string of the molecule is N#Cc1ccc(O)c(-c2ccc(Cl)c(Cl)c2)c1. The van der Waals surface area contributed by atoms with Crippen LogP contribution in [0.25, 0.3) is 11.1 Å². The Labute approximate surface area is 109 Å². The van der Waals surface area contributed by atoms with E-state index in [1.165, 1.54) is 6.07 Å². The summed E-state index contributed by atoms with van der Waals surface area (Å²) in [7, 11) is 0. The predicted octanol–water partition coefficient (Wildman–Crippen LogP) is 4.24. The summed E-state index contributed by atoms with van der Waals surface area (Å²) in [4.78, 5) is 0. The Balaban J connectivity index is 2.60. The Morgan fingerprint density at radius 2 is 1.76 bits per heavy atom. The third-order valence-electron chi connectivity index (χ3n) is 2.36. The number of hydrogen-bond donors (Lipinski definition) is 1. The Hall–Kier alpha value is -1.69. The molecule has 0 aliphatic rings. The molecule has 0 radical (unpaired) electrons. The van der Waals surface area contributed by atoms with Gasteiger partial charge >= 0.3 is 0 Å². The maximum atomic E-state index is 9.76. The van der Waals surface area contributed by atoms with E-state index in [2.05, 4.69) is 0 Å². The zero-order valence-electron chi connectivity index (χ0n) is 8.61. The average Bonchev–Trinajstić information content (AvgIpc) is 2.33. The van der Waals surface area contributed by atoms with Crippen LogP contribution in [0.1, 0.15) is 5.56 Å². The summed E-state index contributed by atoms with van der Waals surface area (Å²) in [6, 6.07) is 11.7. The van der Waals surface area contributed by atoms with Crippen molar-refractivity contribution in [2.45, 2.75) is 0 Å². The highest BCUT2D eigenvalue weighted by Gasteiger charge is 2.07. The van der Waals surface area contributed by atoms with E-state index in [1.54, 1.807) is 30.3 Å². The summed E-state index contributed by atoms with van der Waals surface area (Å²) in [6.07, 6.45) is 0. The molecule has 1 N–H and O–H groups in total. The average molecular weight is 264 g/mol. The smallest absolute Gasteiger partial charge is 0.123 e. The lowest BCUT2D eigenvalue weighted by molar-refractivity contribution is 0.477. The second-order valence-electron chi connectivity index (χ2n) is 3.47. The molecule has 0 heterocycles. The van der Waals surface area contributed by atoms with Crippen molar-refractivity contribution >= 4 is 23.2 Å². The minimum absolute atomic E-state index is 0.0994. The van der Waals surface area contributed by atoms with Crippen molar-refractivity contribution in [3.8, 4) is 22.9 Å². The Morgan fingerprint density at radius 3 is 2.41 bits per heavy atom. The maximum Gasteiger partial charge on any atom is 0.123 e. The fourth-order valence-electron chi connectivity index (χ4n) is 1.50. The summed E-state index contributed by atoms with van der Waals surface area (Å²) < 4.78 is 0. The van der Waals surface area contributed by atoms with Crippen LogP contribution in [-0.2, 0) is 0 Å². The van der Waals surface area contributed by atoms with E-state index in [4.69, 9.17) is 28.5 Å². The first-order valence-corrected chi connectivity index (χ1v) is 5.56. The van der Waals surface area contributed by atoms with Gasteiger partial charge in [-0.05, 0) is 35.9 Å². The zero-order valence-corrected chi connectivity index (χ0v) is 10.1. The van der Waals surface area contributed by atoms with Crippen LogP contribution in [0.15, 0.2) is 36.4 Å². The third-order valence-corrected chi connectivity index (χ3v) is 3.10. The minimum atomic E-state index is 0.0994. The second kappa shape index (κ2) is 4.67. The van der Waals surface area contributed by atoms with Gasteiger partial charge in [0, 0.05) is 5.56 Å². The highest BCUT2D eigenvalue weighted by atomic mass is 35.5. The molecule has 0 atom stereocenters. The van der Waals surface area contributed by atoms with E-state index in [-0.39, 0.29) is 5.75 Å². The van der Waals surface area contributed by atoms with Crippen LogP contribution in [0.2, 0.25) is 10.0 Å². The van der Waals surface area contributed by atoms with Crippen molar-refractivity contribution < 1.29 is 5.11 Å². The van der Waals surface area contributed by atoms with Gasteiger partial charge in [-0.25, -0.2) is 0 Å². The molecule has 0 bridgehead atoms. The molecule has 2 aromatic rings. The van der Waals surface area contributed by atoms with Crippen molar-refractivity contribution in [3.05, 3.63) is 52.0 Å². The zero-order chi connectivity index (χ0) is 12.4. The largest absolute Gasteiger partial charge is 0.507 e. The molecule has 2 nitrogen and oxygen atoms in total. The molecule has 0 fully saturated rings. The molecule has 0 saturated heterocycles. The summed E-state index contributed by atoms with van der Waals surface area (Å²) in [6.45, 7) is 0. The van der Waals surface area contributed by atoms with E-state index in [0.29, 0.717) is 26.7 Å². The van der Waals surface area contributed by atoms with Gasteiger partial charge in [0.05, 0.1) is 21.7 Å². The topological polar surface area (TPSA) is 44.0 Å². The van der Waals surface area contributed by atoms with Crippen LogP contribution in [-0.4, -0.2) is 5.11 Å². The van der Waals surface area contributed by atoms with E-state index < -0.39 is 0 Å². The number of halogens is 2. The summed E-state index contributed by atoms with van der Waals surface area (Å²) in [5.41, 5.74) is 1.75. The first-order valence-electron chi connectivity index (χ1n) is 4.80. The van der Waals surface area contributed by atoms with Crippen molar-refractivity contribution in [1.82, 2.24) is 0 Å². The van der Waals surface area contributed by atoms with Crippen molar-refractivity contribution in [3.63, 3.8) is 0 Å². The standard InChI is InChI=1S/C13H7Cl2NO/c14-11-3-2-9(6-12(11)15)10-5-8(7-16)1-4-13(10)17/h1-6,17H. The van der Waals surface area contributed by atoms with Gasteiger partial charge in [-0.1, -0.05) is 29.3 Å². The molecule has 0 aliphatic heterocycles. The van der Waals surface area contributed by atoms with Gasteiger partial charge < -0.3 is 5.11 Å². The molecular formula is C13H7Cl2NO. The van der Waals surface area contributed by atoms with Crippen molar-refractivity contribution in [2.75, 3.05) is 0 Å². The first kappa shape index (κ1) is 11.8. The lowest BCUT2D eigenvalue weighted by Gasteiger charge is -2.06. The van der Waals surface area contributed by atoms with Crippen molar-refractivity contribution in [1.29, 1.82) is 5.26 Å². The Bertz CT molecular complexity index is 617. The number of rotatable bonds is 1. The number of phenolic OH excluding ortho intramolecular Hbond substituents is 1. The van der Waals surface area contributed by atoms with E-state index in [9.17, 15) is 5.11 Å². The van der Waals surface area contributed by atoms with Crippen LogP contribution >= 0.6 is 23.2 Å². The van der Waals surface area contributed by atoms with E-state index >= 15 is 0 Å². The summed E-state index contributed by atoms with van der Waals surface area (Å²) in [5.74, 6) is 0.0994. The van der Waals surface area contributed by atoms with Crippen LogP contribution in [0.4, 0.5) is 0 Å². The van der Waals surface area contributed by atoms with Crippen molar-refractivity contribution in [2.24, 2.45) is 0 Å². The summed E-state index contributed by atoms with van der Waals surface area (Å²) in [5, 5.41) is 19.4. The van der Waals surface area contributed by atoms with Gasteiger partial charge in [-0.3, -0.25) is 0 Å². The molecule has 0 aliphatic carbocycles. The lowest BCUT2D eigenvalue weighted by atomic mass is 10.0. The van der Waals surface area contributed by atoms with Gasteiger partial charge in [0.2, 0.25) is 0 Å².